The first kappa shape index (κ1) is 25.2. The molecule has 1 aliphatic heterocycles. The maximum absolute atomic E-state index is 11.8. The molecule has 3 aromatic carbocycles. The molecule has 0 saturated carbocycles. The molecule has 1 saturated heterocycles. The zero-order valence-corrected chi connectivity index (χ0v) is 22.0. The molecule has 8 nitrogen and oxygen atoms in total. The molecule has 0 aliphatic carbocycles. The minimum Gasteiger partial charge on any atom is -0.494 e. The fourth-order valence-corrected chi connectivity index (χ4v) is 4.73. The summed E-state index contributed by atoms with van der Waals surface area (Å²) in [5.74, 6) is 0.963. The molecule has 2 heterocycles. The molecule has 194 valence electrons. The van der Waals surface area contributed by atoms with Gasteiger partial charge in [0, 0.05) is 60.8 Å². The van der Waals surface area contributed by atoms with Crippen molar-refractivity contribution in [1.29, 1.82) is 0 Å². The molecule has 1 amide bonds. The fraction of sp³-hybridized carbons (Fsp3) is 0.233. The molecule has 0 radical (unpaired) electrons. The third-order valence-corrected chi connectivity index (χ3v) is 6.87. The number of methoxy groups -OCH3 is 1. The van der Waals surface area contributed by atoms with Crippen LogP contribution in [0.4, 0.5) is 23.0 Å². The Morgan fingerprint density at radius 3 is 2.66 bits per heavy atom. The van der Waals surface area contributed by atoms with Crippen molar-refractivity contribution in [2.24, 2.45) is 0 Å². The van der Waals surface area contributed by atoms with E-state index in [9.17, 15) is 4.79 Å². The predicted molar refractivity (Wildman–Crippen MR) is 155 cm³/mol. The monoisotopic (exact) mass is 508 g/mol. The summed E-state index contributed by atoms with van der Waals surface area (Å²) in [6.07, 6.45) is 3.08. The van der Waals surface area contributed by atoms with E-state index < -0.39 is 0 Å². The summed E-state index contributed by atoms with van der Waals surface area (Å²) in [5.41, 5.74) is 6.47. The van der Waals surface area contributed by atoms with E-state index in [2.05, 4.69) is 64.2 Å². The van der Waals surface area contributed by atoms with Crippen molar-refractivity contribution in [3.63, 3.8) is 0 Å². The number of piperazine rings is 1. The lowest BCUT2D eigenvalue weighted by Crippen LogP contribution is -2.44. The molecule has 0 bridgehead atoms. The van der Waals surface area contributed by atoms with Gasteiger partial charge >= 0.3 is 0 Å². The number of hydrogen-bond acceptors (Lipinski definition) is 7. The molecule has 1 fully saturated rings. The molecule has 0 spiro atoms. The summed E-state index contributed by atoms with van der Waals surface area (Å²) in [5, 5.41) is 7.11. The first-order valence-corrected chi connectivity index (χ1v) is 12.6. The summed E-state index contributed by atoms with van der Waals surface area (Å²) >= 11 is 0. The number of nitrogens with zero attached hydrogens (tertiary/aromatic N) is 4. The average Bonchev–Trinajstić information content (AvgIpc) is 2.93. The second-order valence-electron chi connectivity index (χ2n) is 9.46. The van der Waals surface area contributed by atoms with Crippen LogP contribution in [0.15, 0.2) is 73.4 Å². The van der Waals surface area contributed by atoms with Crippen LogP contribution in [-0.2, 0) is 4.79 Å². The van der Waals surface area contributed by atoms with E-state index in [1.165, 1.54) is 6.08 Å². The number of carbonyl (C=O) groups excluding carboxylic acids is 1. The lowest BCUT2D eigenvalue weighted by Gasteiger charge is -2.34. The van der Waals surface area contributed by atoms with Gasteiger partial charge in [0.15, 0.2) is 0 Å². The Morgan fingerprint density at radius 2 is 1.89 bits per heavy atom. The summed E-state index contributed by atoms with van der Waals surface area (Å²) in [7, 11) is 3.83. The minimum atomic E-state index is -0.252. The van der Waals surface area contributed by atoms with Gasteiger partial charge in [-0.2, -0.15) is 0 Å². The smallest absolute Gasteiger partial charge is 0.247 e. The third kappa shape index (κ3) is 5.31. The van der Waals surface area contributed by atoms with Crippen LogP contribution >= 0.6 is 0 Å². The van der Waals surface area contributed by atoms with Gasteiger partial charge in [-0.1, -0.05) is 30.8 Å². The maximum Gasteiger partial charge on any atom is 0.247 e. The Morgan fingerprint density at radius 1 is 1.08 bits per heavy atom. The fourth-order valence-electron chi connectivity index (χ4n) is 4.73. The topological polar surface area (TPSA) is 82.6 Å². The Kier molecular flexibility index (Phi) is 7.24. The number of nitrogens with one attached hydrogen (secondary N) is 2. The Bertz CT molecular complexity index is 1490. The van der Waals surface area contributed by atoms with Gasteiger partial charge in [0.25, 0.3) is 0 Å². The number of carbonyl (C=O) groups is 1. The zero-order chi connectivity index (χ0) is 26.6. The second kappa shape index (κ2) is 10.9. The van der Waals surface area contributed by atoms with Gasteiger partial charge in [-0.3, -0.25) is 4.79 Å². The Balaban J connectivity index is 1.48. The van der Waals surface area contributed by atoms with E-state index in [0.717, 1.165) is 70.9 Å². The number of ether oxygens (including phenoxy) is 1. The quantitative estimate of drug-likeness (QED) is 0.331. The molecule has 0 atom stereocenters. The van der Waals surface area contributed by atoms with Crippen molar-refractivity contribution in [2.75, 3.05) is 55.9 Å². The molecule has 2 N–H and O–H groups in total. The van der Waals surface area contributed by atoms with Crippen LogP contribution in [-0.4, -0.2) is 61.1 Å². The highest BCUT2D eigenvalue weighted by Gasteiger charge is 2.17. The van der Waals surface area contributed by atoms with Crippen molar-refractivity contribution in [1.82, 2.24) is 14.9 Å². The standard InChI is InChI=1S/C30H32N6O2/c1-5-27(37)32-23-8-6-7-21(17-23)28-20(2)9-10-22-19-31-30(34-29(22)28)33-25-12-11-24(18-26(25)38-4)36-15-13-35(3)14-16-36/h5-12,17-19H,1,13-16H2,2-4H3,(H,32,37)(H,31,33,34). The third-order valence-electron chi connectivity index (χ3n) is 6.87. The first-order chi connectivity index (χ1) is 18.4. The van der Waals surface area contributed by atoms with Crippen LogP contribution < -0.4 is 20.3 Å². The molecule has 0 unspecified atom stereocenters. The second-order valence-corrected chi connectivity index (χ2v) is 9.46. The van der Waals surface area contributed by atoms with Crippen LogP contribution in [0.25, 0.3) is 22.0 Å². The molecule has 1 aromatic heterocycles. The number of aromatic nitrogens is 2. The van der Waals surface area contributed by atoms with Gasteiger partial charge in [0.2, 0.25) is 11.9 Å². The van der Waals surface area contributed by atoms with E-state index in [1.54, 1.807) is 7.11 Å². The van der Waals surface area contributed by atoms with E-state index in [0.29, 0.717) is 11.6 Å². The van der Waals surface area contributed by atoms with Crippen molar-refractivity contribution >= 4 is 39.8 Å². The van der Waals surface area contributed by atoms with Crippen LogP contribution in [0.5, 0.6) is 5.75 Å². The number of hydrogen-bond donors (Lipinski definition) is 2. The highest BCUT2D eigenvalue weighted by Crippen LogP contribution is 2.35. The predicted octanol–water partition coefficient (Wildman–Crippen LogP) is 5.23. The van der Waals surface area contributed by atoms with Gasteiger partial charge in [0.05, 0.1) is 18.3 Å². The molecule has 38 heavy (non-hydrogen) atoms. The van der Waals surface area contributed by atoms with Gasteiger partial charge in [-0.05, 0) is 55.4 Å². The summed E-state index contributed by atoms with van der Waals surface area (Å²) in [4.78, 5) is 26.0. The SMILES string of the molecule is C=CC(=O)Nc1cccc(-c2c(C)ccc3cnc(Nc4ccc(N5CCN(C)CC5)cc4OC)nc23)c1. The highest BCUT2D eigenvalue weighted by molar-refractivity contribution is 6.00. The molecule has 8 heteroatoms. The van der Waals surface area contributed by atoms with Gasteiger partial charge in [0.1, 0.15) is 5.75 Å². The van der Waals surface area contributed by atoms with E-state index >= 15 is 0 Å². The normalized spacial score (nSPS) is 13.8. The van der Waals surface area contributed by atoms with E-state index in [1.807, 2.05) is 42.6 Å². The van der Waals surface area contributed by atoms with Crippen molar-refractivity contribution in [2.45, 2.75) is 6.92 Å². The largest absolute Gasteiger partial charge is 0.494 e. The molecule has 5 rings (SSSR count). The molecule has 1 aliphatic rings. The highest BCUT2D eigenvalue weighted by atomic mass is 16.5. The number of likely N-dealkylation sites (N-methyl/N-ethyl adjacent to an activating group) is 1. The van der Waals surface area contributed by atoms with Crippen molar-refractivity contribution < 1.29 is 9.53 Å². The van der Waals surface area contributed by atoms with Gasteiger partial charge < -0.3 is 25.2 Å². The molecular formula is C30H32N6O2. The summed E-state index contributed by atoms with van der Waals surface area (Å²) in [6, 6.07) is 18.0. The van der Waals surface area contributed by atoms with E-state index in [-0.39, 0.29) is 5.91 Å². The Hall–Kier alpha value is -4.43. The minimum absolute atomic E-state index is 0.252. The number of anilines is 4. The number of aryl methyl sites for hydroxylation is 1. The molecular weight excluding hydrogens is 476 g/mol. The van der Waals surface area contributed by atoms with Gasteiger partial charge in [-0.15, -0.1) is 0 Å². The number of benzene rings is 3. The maximum atomic E-state index is 11.8. The summed E-state index contributed by atoms with van der Waals surface area (Å²) in [6.45, 7) is 9.64. The zero-order valence-electron chi connectivity index (χ0n) is 22.0. The number of fused-ring (bicyclic) bond motifs is 1. The van der Waals surface area contributed by atoms with Crippen molar-refractivity contribution in [3.05, 3.63) is 79.0 Å². The van der Waals surface area contributed by atoms with Crippen LogP contribution in [0, 0.1) is 6.92 Å². The van der Waals surface area contributed by atoms with Crippen molar-refractivity contribution in [3.8, 4) is 16.9 Å². The lowest BCUT2D eigenvalue weighted by molar-refractivity contribution is -0.111. The lowest BCUT2D eigenvalue weighted by atomic mass is 9.97. The molecule has 4 aromatic rings. The number of amides is 1. The summed E-state index contributed by atoms with van der Waals surface area (Å²) < 4.78 is 5.73. The average molecular weight is 509 g/mol. The number of rotatable bonds is 7. The Labute approximate surface area is 223 Å². The van der Waals surface area contributed by atoms with E-state index in [4.69, 9.17) is 9.72 Å². The van der Waals surface area contributed by atoms with Crippen LogP contribution in [0.2, 0.25) is 0 Å². The van der Waals surface area contributed by atoms with Crippen LogP contribution in [0.3, 0.4) is 0 Å². The van der Waals surface area contributed by atoms with Gasteiger partial charge in [-0.25, -0.2) is 9.97 Å². The van der Waals surface area contributed by atoms with Crippen LogP contribution in [0.1, 0.15) is 5.56 Å². The first-order valence-electron chi connectivity index (χ1n) is 12.6.